The zero-order chi connectivity index (χ0) is 21.3. The number of aromatic nitrogens is 1. The van der Waals surface area contributed by atoms with E-state index in [4.69, 9.17) is 4.98 Å². The Morgan fingerprint density at radius 1 is 1.27 bits per heavy atom. The molecule has 3 aromatic rings. The molecule has 154 valence electrons. The van der Waals surface area contributed by atoms with Gasteiger partial charge in [0.05, 0.1) is 16.7 Å². The number of amides is 1. The molecule has 1 atom stereocenters. The molecule has 0 radical (unpaired) electrons. The fourth-order valence-electron chi connectivity index (χ4n) is 3.55. The molecule has 1 amide bonds. The number of carbonyl (C=O) groups excluding carboxylic acids is 1. The highest BCUT2D eigenvalue weighted by Crippen LogP contribution is 2.40. The number of fused-ring (bicyclic) bond motifs is 1. The summed E-state index contributed by atoms with van der Waals surface area (Å²) in [7, 11) is 1.48. The molecule has 1 aromatic heterocycles. The first-order chi connectivity index (χ1) is 14.5. The molecule has 0 saturated carbocycles. The number of rotatable bonds is 5. The van der Waals surface area contributed by atoms with Crippen LogP contribution in [-0.2, 0) is 6.42 Å². The molecule has 30 heavy (non-hydrogen) atoms. The topological polar surface area (TPSA) is 97.2 Å². The summed E-state index contributed by atoms with van der Waals surface area (Å²) in [6, 6.07) is 10.4. The van der Waals surface area contributed by atoms with Crippen LogP contribution in [-0.4, -0.2) is 22.9 Å². The van der Waals surface area contributed by atoms with Crippen molar-refractivity contribution in [2.45, 2.75) is 25.3 Å². The number of aryl methyl sites for hydroxylation is 1. The summed E-state index contributed by atoms with van der Waals surface area (Å²) in [4.78, 5) is 28.8. The summed E-state index contributed by atoms with van der Waals surface area (Å²) < 4.78 is 13.2. The summed E-state index contributed by atoms with van der Waals surface area (Å²) in [5.41, 5.74) is 2.14. The van der Waals surface area contributed by atoms with E-state index in [0.29, 0.717) is 5.69 Å². The number of benzene rings is 2. The third-order valence-electron chi connectivity index (χ3n) is 5.06. The van der Waals surface area contributed by atoms with E-state index in [1.165, 1.54) is 25.2 Å². The number of nitro benzene ring substituents is 1. The van der Waals surface area contributed by atoms with Crippen molar-refractivity contribution in [3.63, 3.8) is 0 Å². The minimum Gasteiger partial charge on any atom is -0.371 e. The molecule has 9 heteroatoms. The molecule has 0 aliphatic heterocycles. The molecule has 4 rings (SSSR count). The number of hydrogen-bond acceptors (Lipinski definition) is 6. The van der Waals surface area contributed by atoms with Gasteiger partial charge in [-0.05, 0) is 55.7 Å². The summed E-state index contributed by atoms with van der Waals surface area (Å²) in [6.07, 6.45) is 2.61. The Labute approximate surface area is 176 Å². The van der Waals surface area contributed by atoms with E-state index in [9.17, 15) is 19.3 Å². The van der Waals surface area contributed by atoms with Crippen LogP contribution in [0, 0.1) is 15.9 Å². The Bertz CT molecular complexity index is 1110. The maximum atomic E-state index is 13.2. The summed E-state index contributed by atoms with van der Waals surface area (Å²) in [6.45, 7) is 0. The van der Waals surface area contributed by atoms with Crippen LogP contribution >= 0.6 is 11.3 Å². The zero-order valence-corrected chi connectivity index (χ0v) is 17.0. The van der Waals surface area contributed by atoms with Crippen molar-refractivity contribution >= 4 is 28.6 Å². The van der Waals surface area contributed by atoms with Crippen molar-refractivity contribution in [1.29, 1.82) is 0 Å². The predicted octanol–water partition coefficient (Wildman–Crippen LogP) is 4.71. The standard InChI is InChI=1S/C21H19FN4O3S/c1-23-20(27)13-7-10-15(17(11-13)26(28)29)24-16-3-2-4-18-19(16)25-21(30-18)12-5-8-14(22)9-6-12/h5-11,16,24H,2-4H2,1H3,(H,23,27). The smallest absolute Gasteiger partial charge is 0.293 e. The zero-order valence-electron chi connectivity index (χ0n) is 16.1. The van der Waals surface area contributed by atoms with Crippen LogP contribution in [0.4, 0.5) is 15.8 Å². The molecular weight excluding hydrogens is 407 g/mol. The van der Waals surface area contributed by atoms with Crippen LogP contribution in [0.3, 0.4) is 0 Å². The van der Waals surface area contributed by atoms with Gasteiger partial charge in [-0.1, -0.05) is 0 Å². The maximum Gasteiger partial charge on any atom is 0.293 e. The Morgan fingerprint density at radius 3 is 2.73 bits per heavy atom. The molecule has 0 bridgehead atoms. The fourth-order valence-corrected chi connectivity index (χ4v) is 4.72. The van der Waals surface area contributed by atoms with Gasteiger partial charge in [-0.15, -0.1) is 11.3 Å². The molecule has 0 fully saturated rings. The average molecular weight is 426 g/mol. The molecule has 1 heterocycles. The first-order valence-corrected chi connectivity index (χ1v) is 10.3. The molecule has 1 aliphatic rings. The van der Waals surface area contributed by atoms with E-state index < -0.39 is 4.92 Å². The number of nitro groups is 1. The second-order valence-corrected chi connectivity index (χ2v) is 8.08. The highest BCUT2D eigenvalue weighted by molar-refractivity contribution is 7.15. The number of carbonyl (C=O) groups is 1. The number of hydrogen-bond donors (Lipinski definition) is 2. The molecule has 1 aliphatic carbocycles. The summed E-state index contributed by atoms with van der Waals surface area (Å²) in [5.74, 6) is -0.680. The Morgan fingerprint density at radius 2 is 2.03 bits per heavy atom. The van der Waals surface area contributed by atoms with Crippen molar-refractivity contribution in [2.75, 3.05) is 12.4 Å². The van der Waals surface area contributed by atoms with Gasteiger partial charge in [-0.3, -0.25) is 14.9 Å². The van der Waals surface area contributed by atoms with Crippen molar-refractivity contribution in [1.82, 2.24) is 10.3 Å². The third kappa shape index (κ3) is 3.88. The lowest BCUT2D eigenvalue weighted by Crippen LogP contribution is -2.19. The van der Waals surface area contributed by atoms with Crippen LogP contribution in [0.25, 0.3) is 10.6 Å². The second-order valence-electron chi connectivity index (χ2n) is 6.99. The van der Waals surface area contributed by atoms with Gasteiger partial charge in [0.2, 0.25) is 0 Å². The van der Waals surface area contributed by atoms with E-state index in [-0.39, 0.29) is 29.0 Å². The number of nitrogens with zero attached hydrogens (tertiary/aromatic N) is 2. The van der Waals surface area contributed by atoms with E-state index in [2.05, 4.69) is 10.6 Å². The first kappa shape index (κ1) is 20.0. The monoisotopic (exact) mass is 426 g/mol. The minimum absolute atomic E-state index is 0.155. The number of halogens is 1. The molecule has 7 nitrogen and oxygen atoms in total. The van der Waals surface area contributed by atoms with Crippen LogP contribution < -0.4 is 10.6 Å². The van der Waals surface area contributed by atoms with Crippen molar-refractivity contribution in [3.8, 4) is 10.6 Å². The van der Waals surface area contributed by atoms with E-state index in [0.717, 1.165) is 40.4 Å². The summed E-state index contributed by atoms with van der Waals surface area (Å²) >= 11 is 1.57. The van der Waals surface area contributed by atoms with E-state index in [1.807, 2.05) is 0 Å². The Balaban J connectivity index is 1.65. The lowest BCUT2D eigenvalue weighted by Gasteiger charge is -2.23. The van der Waals surface area contributed by atoms with Gasteiger partial charge in [0.1, 0.15) is 16.5 Å². The van der Waals surface area contributed by atoms with Crippen molar-refractivity contribution in [3.05, 3.63) is 74.5 Å². The van der Waals surface area contributed by atoms with Gasteiger partial charge in [0, 0.05) is 29.1 Å². The van der Waals surface area contributed by atoms with Crippen molar-refractivity contribution < 1.29 is 14.1 Å². The second kappa shape index (κ2) is 8.19. The lowest BCUT2D eigenvalue weighted by molar-refractivity contribution is -0.384. The molecule has 2 aromatic carbocycles. The van der Waals surface area contributed by atoms with Crippen LogP contribution in [0.15, 0.2) is 42.5 Å². The number of anilines is 1. The average Bonchev–Trinajstić information content (AvgIpc) is 3.19. The highest BCUT2D eigenvalue weighted by atomic mass is 32.1. The summed E-state index contributed by atoms with van der Waals surface area (Å²) in [5, 5.41) is 18.1. The minimum atomic E-state index is -0.497. The Hall–Kier alpha value is -3.33. The predicted molar refractivity (Wildman–Crippen MR) is 113 cm³/mol. The SMILES string of the molecule is CNC(=O)c1ccc(NC2CCCc3sc(-c4ccc(F)cc4)nc32)c([N+](=O)[O-])c1. The highest BCUT2D eigenvalue weighted by Gasteiger charge is 2.27. The van der Waals surface area contributed by atoms with Gasteiger partial charge in [0.25, 0.3) is 11.6 Å². The van der Waals surface area contributed by atoms with Gasteiger partial charge in [0.15, 0.2) is 0 Å². The van der Waals surface area contributed by atoms with E-state index in [1.54, 1.807) is 35.6 Å². The van der Waals surface area contributed by atoms with E-state index >= 15 is 0 Å². The Kier molecular flexibility index (Phi) is 5.45. The molecular formula is C21H19FN4O3S. The largest absolute Gasteiger partial charge is 0.371 e. The fraction of sp³-hybridized carbons (Fsp3) is 0.238. The van der Waals surface area contributed by atoms with Crippen LogP contribution in [0.5, 0.6) is 0 Å². The van der Waals surface area contributed by atoms with Crippen LogP contribution in [0.1, 0.15) is 39.8 Å². The number of nitrogens with one attached hydrogen (secondary N) is 2. The first-order valence-electron chi connectivity index (χ1n) is 9.49. The van der Waals surface area contributed by atoms with Crippen LogP contribution in [0.2, 0.25) is 0 Å². The normalized spacial score (nSPS) is 15.3. The molecule has 1 unspecified atom stereocenters. The van der Waals surface area contributed by atoms with Gasteiger partial charge in [-0.2, -0.15) is 0 Å². The lowest BCUT2D eigenvalue weighted by atomic mass is 9.97. The molecule has 2 N–H and O–H groups in total. The molecule has 0 spiro atoms. The third-order valence-corrected chi connectivity index (χ3v) is 6.24. The molecule has 0 saturated heterocycles. The van der Waals surface area contributed by atoms with Crippen molar-refractivity contribution in [2.24, 2.45) is 0 Å². The van der Waals surface area contributed by atoms with Gasteiger partial charge >= 0.3 is 0 Å². The van der Waals surface area contributed by atoms with Gasteiger partial charge < -0.3 is 10.6 Å². The quantitative estimate of drug-likeness (QED) is 0.455. The maximum absolute atomic E-state index is 13.2. The number of thiazole rings is 1. The van der Waals surface area contributed by atoms with Gasteiger partial charge in [-0.25, -0.2) is 9.37 Å².